The number of amides is 2. The molecule has 0 aliphatic carbocycles. The lowest BCUT2D eigenvalue weighted by atomic mass is 10.2. The Morgan fingerprint density at radius 1 is 1.10 bits per heavy atom. The van der Waals surface area contributed by atoms with Crippen molar-refractivity contribution in [2.24, 2.45) is 0 Å². The number of anilines is 2. The lowest BCUT2D eigenvalue weighted by Crippen LogP contribution is -2.28. The number of pyridine rings is 1. The van der Waals surface area contributed by atoms with Crippen molar-refractivity contribution in [2.45, 2.75) is 37.1 Å². The second-order valence-corrected chi connectivity index (χ2v) is 8.86. The molecule has 0 unspecified atom stereocenters. The maximum atomic E-state index is 12.2. The van der Waals surface area contributed by atoms with Gasteiger partial charge in [0.1, 0.15) is 5.82 Å². The van der Waals surface area contributed by atoms with Crippen molar-refractivity contribution >= 4 is 27.6 Å². The standard InChI is InChI=1S/C20H27N5O3S/c1-21-29(27,28)18-8-6-7-17(13-18)24-20(26)23-15-16-9-10-19(22-14-16)25-11-4-2-3-5-12-25/h6-10,13-14,21H,2-5,11-12,15H2,1H3,(H2,23,24,26). The van der Waals surface area contributed by atoms with Crippen LogP contribution in [0, 0.1) is 0 Å². The zero-order valence-corrected chi connectivity index (χ0v) is 17.3. The van der Waals surface area contributed by atoms with Gasteiger partial charge < -0.3 is 15.5 Å². The number of benzene rings is 1. The Hall–Kier alpha value is -2.65. The summed E-state index contributed by atoms with van der Waals surface area (Å²) in [7, 11) is -2.22. The van der Waals surface area contributed by atoms with Gasteiger partial charge in [0, 0.05) is 31.5 Å². The average molecular weight is 418 g/mol. The van der Waals surface area contributed by atoms with Crippen LogP contribution < -0.4 is 20.3 Å². The van der Waals surface area contributed by atoms with E-state index < -0.39 is 16.1 Å². The Morgan fingerprint density at radius 3 is 2.52 bits per heavy atom. The molecule has 2 amide bonds. The van der Waals surface area contributed by atoms with E-state index in [0.29, 0.717) is 12.2 Å². The van der Waals surface area contributed by atoms with Crippen molar-refractivity contribution in [3.63, 3.8) is 0 Å². The highest BCUT2D eigenvalue weighted by Gasteiger charge is 2.13. The maximum absolute atomic E-state index is 12.2. The van der Waals surface area contributed by atoms with E-state index in [-0.39, 0.29) is 4.90 Å². The van der Waals surface area contributed by atoms with Gasteiger partial charge >= 0.3 is 6.03 Å². The Kier molecular flexibility index (Phi) is 7.05. The smallest absolute Gasteiger partial charge is 0.319 e. The monoisotopic (exact) mass is 417 g/mol. The van der Waals surface area contributed by atoms with Crippen LogP contribution in [0.1, 0.15) is 31.2 Å². The summed E-state index contributed by atoms with van der Waals surface area (Å²) in [5.41, 5.74) is 1.29. The number of hydrogen-bond donors (Lipinski definition) is 3. The van der Waals surface area contributed by atoms with Crippen LogP contribution in [0.5, 0.6) is 0 Å². The molecule has 1 aromatic heterocycles. The predicted molar refractivity (Wildman–Crippen MR) is 113 cm³/mol. The molecule has 3 rings (SSSR count). The molecule has 1 aromatic carbocycles. The number of aromatic nitrogens is 1. The van der Waals surface area contributed by atoms with Crippen LogP contribution >= 0.6 is 0 Å². The topological polar surface area (TPSA) is 103 Å². The molecule has 0 saturated carbocycles. The third kappa shape index (κ3) is 5.91. The van der Waals surface area contributed by atoms with Crippen LogP contribution in [-0.4, -0.2) is 39.6 Å². The molecular formula is C20H27N5O3S. The van der Waals surface area contributed by atoms with E-state index >= 15 is 0 Å². The molecule has 1 aliphatic rings. The molecule has 9 heteroatoms. The van der Waals surface area contributed by atoms with Crippen LogP contribution in [0.3, 0.4) is 0 Å². The fourth-order valence-corrected chi connectivity index (χ4v) is 4.00. The molecule has 0 atom stereocenters. The molecule has 156 valence electrons. The molecule has 0 spiro atoms. The number of sulfonamides is 1. The highest BCUT2D eigenvalue weighted by molar-refractivity contribution is 7.89. The van der Waals surface area contributed by atoms with Gasteiger partial charge in [0.15, 0.2) is 0 Å². The summed E-state index contributed by atoms with van der Waals surface area (Å²) in [6.07, 6.45) is 6.72. The van der Waals surface area contributed by atoms with Crippen LogP contribution in [0.2, 0.25) is 0 Å². The minimum atomic E-state index is -3.56. The second-order valence-electron chi connectivity index (χ2n) is 6.97. The first-order valence-electron chi connectivity index (χ1n) is 9.76. The normalized spacial score (nSPS) is 14.9. The van der Waals surface area contributed by atoms with Gasteiger partial charge in [0.2, 0.25) is 10.0 Å². The van der Waals surface area contributed by atoms with Crippen LogP contribution in [0.15, 0.2) is 47.5 Å². The maximum Gasteiger partial charge on any atom is 0.319 e. The van der Waals surface area contributed by atoms with E-state index in [9.17, 15) is 13.2 Å². The van der Waals surface area contributed by atoms with Crippen molar-refractivity contribution < 1.29 is 13.2 Å². The van der Waals surface area contributed by atoms with E-state index in [1.165, 1.54) is 44.9 Å². The molecule has 2 heterocycles. The first kappa shape index (κ1) is 21.1. The zero-order valence-electron chi connectivity index (χ0n) is 16.5. The summed E-state index contributed by atoms with van der Waals surface area (Å²) in [6, 6.07) is 9.62. The van der Waals surface area contributed by atoms with Gasteiger partial charge in [-0.15, -0.1) is 0 Å². The second kappa shape index (κ2) is 9.71. The van der Waals surface area contributed by atoms with E-state index in [4.69, 9.17) is 0 Å². The van der Waals surface area contributed by atoms with Crippen LogP contribution in [0.25, 0.3) is 0 Å². The predicted octanol–water partition coefficient (Wildman–Crippen LogP) is 2.69. The quantitative estimate of drug-likeness (QED) is 0.670. The Morgan fingerprint density at radius 2 is 1.86 bits per heavy atom. The van der Waals surface area contributed by atoms with Gasteiger partial charge in [-0.05, 0) is 49.7 Å². The molecule has 29 heavy (non-hydrogen) atoms. The summed E-state index contributed by atoms with van der Waals surface area (Å²) < 4.78 is 26.0. The van der Waals surface area contributed by atoms with E-state index in [2.05, 4.69) is 25.2 Å². The first-order chi connectivity index (χ1) is 14.0. The number of carbonyl (C=O) groups is 1. The number of hydrogen-bond acceptors (Lipinski definition) is 5. The third-order valence-corrected chi connectivity index (χ3v) is 6.28. The molecule has 1 saturated heterocycles. The molecule has 2 aromatic rings. The van der Waals surface area contributed by atoms with E-state index in [1.807, 2.05) is 12.1 Å². The minimum Gasteiger partial charge on any atom is -0.357 e. The van der Waals surface area contributed by atoms with E-state index in [1.54, 1.807) is 18.3 Å². The summed E-state index contributed by atoms with van der Waals surface area (Å²) in [6.45, 7) is 2.40. The molecule has 0 radical (unpaired) electrons. The lowest BCUT2D eigenvalue weighted by Gasteiger charge is -2.21. The lowest BCUT2D eigenvalue weighted by molar-refractivity contribution is 0.251. The number of urea groups is 1. The van der Waals surface area contributed by atoms with Crippen LogP contribution in [-0.2, 0) is 16.6 Å². The largest absolute Gasteiger partial charge is 0.357 e. The molecule has 1 fully saturated rings. The summed E-state index contributed by atoms with van der Waals surface area (Å²) >= 11 is 0. The molecule has 1 aliphatic heterocycles. The third-order valence-electron chi connectivity index (χ3n) is 4.86. The summed E-state index contributed by atoms with van der Waals surface area (Å²) in [5.74, 6) is 0.975. The fraction of sp³-hybridized carbons (Fsp3) is 0.400. The van der Waals surface area contributed by atoms with Crippen molar-refractivity contribution in [2.75, 3.05) is 30.4 Å². The van der Waals surface area contributed by atoms with Crippen molar-refractivity contribution in [3.05, 3.63) is 48.2 Å². The SMILES string of the molecule is CNS(=O)(=O)c1cccc(NC(=O)NCc2ccc(N3CCCCCC3)nc2)c1. The van der Waals surface area contributed by atoms with Crippen molar-refractivity contribution in [1.82, 2.24) is 15.0 Å². The van der Waals surface area contributed by atoms with Gasteiger partial charge in [0.05, 0.1) is 4.90 Å². The van der Waals surface area contributed by atoms with Crippen molar-refractivity contribution in [3.8, 4) is 0 Å². The Labute approximate surface area is 171 Å². The molecule has 8 nitrogen and oxygen atoms in total. The van der Waals surface area contributed by atoms with Gasteiger partial charge in [-0.1, -0.05) is 25.0 Å². The van der Waals surface area contributed by atoms with Crippen LogP contribution in [0.4, 0.5) is 16.3 Å². The van der Waals surface area contributed by atoms with Crippen molar-refractivity contribution in [1.29, 1.82) is 0 Å². The number of nitrogens with zero attached hydrogens (tertiary/aromatic N) is 2. The highest BCUT2D eigenvalue weighted by atomic mass is 32.2. The number of rotatable bonds is 6. The Balaban J connectivity index is 1.53. The van der Waals surface area contributed by atoms with Gasteiger partial charge in [-0.25, -0.2) is 22.9 Å². The summed E-state index contributed by atoms with van der Waals surface area (Å²) in [4.78, 5) is 19.1. The molecular weight excluding hydrogens is 390 g/mol. The molecule has 3 N–H and O–H groups in total. The number of nitrogens with one attached hydrogen (secondary N) is 3. The van der Waals surface area contributed by atoms with Gasteiger partial charge in [0.25, 0.3) is 0 Å². The number of carbonyl (C=O) groups excluding carboxylic acids is 1. The van der Waals surface area contributed by atoms with E-state index in [0.717, 1.165) is 24.5 Å². The minimum absolute atomic E-state index is 0.0890. The fourth-order valence-electron chi connectivity index (χ4n) is 3.22. The average Bonchev–Trinajstić information content (AvgIpc) is 3.02. The first-order valence-corrected chi connectivity index (χ1v) is 11.2. The van der Waals surface area contributed by atoms with Gasteiger partial charge in [-0.2, -0.15) is 0 Å². The molecule has 0 bridgehead atoms. The summed E-state index contributed by atoms with van der Waals surface area (Å²) in [5, 5.41) is 5.41. The van der Waals surface area contributed by atoms with Gasteiger partial charge in [-0.3, -0.25) is 0 Å². The highest BCUT2D eigenvalue weighted by Crippen LogP contribution is 2.18. The Bertz CT molecular complexity index is 923. The zero-order chi connectivity index (χ0) is 20.7.